The number of aliphatic carboxylic acids is 1. The molecule has 0 radical (unpaired) electrons. The lowest BCUT2D eigenvalue weighted by molar-refractivity contribution is -0.142. The van der Waals surface area contributed by atoms with E-state index in [9.17, 15) is 9.59 Å². The van der Waals surface area contributed by atoms with Crippen LogP contribution < -0.4 is 0 Å². The first-order chi connectivity index (χ1) is 8.52. The smallest absolute Gasteiger partial charge is 0.306 e. The quantitative estimate of drug-likeness (QED) is 0.809. The first-order valence-electron chi connectivity index (χ1n) is 5.71. The number of Topliss-reactive ketones (excluding diaryl/α,β-unsaturated/α-hetero) is 1. The number of carboxylic acid groups (broad SMARTS) is 1. The molecule has 18 heavy (non-hydrogen) atoms. The Kier molecular flexibility index (Phi) is 3.14. The zero-order valence-electron chi connectivity index (χ0n) is 10.2. The number of aromatic amines is 1. The van der Waals surface area contributed by atoms with Crippen LogP contribution in [0.15, 0.2) is 24.5 Å². The fraction of sp³-hybridized carbons (Fsp3) is 0.308. The molecule has 94 valence electrons. The van der Waals surface area contributed by atoms with Gasteiger partial charge in [0.1, 0.15) is 5.65 Å². The number of pyridine rings is 1. The minimum absolute atomic E-state index is 0.177. The van der Waals surface area contributed by atoms with Crippen LogP contribution in [0.25, 0.3) is 11.0 Å². The molecule has 2 N–H and O–H groups in total. The Morgan fingerprint density at radius 1 is 1.33 bits per heavy atom. The Bertz CT molecular complexity index is 603. The minimum atomic E-state index is -0.964. The second-order valence-corrected chi connectivity index (χ2v) is 4.38. The molecule has 2 aromatic heterocycles. The highest BCUT2D eigenvalue weighted by atomic mass is 16.4. The van der Waals surface area contributed by atoms with Crippen LogP contribution in [-0.2, 0) is 4.79 Å². The summed E-state index contributed by atoms with van der Waals surface area (Å²) in [6.45, 7) is 3.17. The zero-order valence-corrected chi connectivity index (χ0v) is 10.2. The van der Waals surface area contributed by atoms with Crippen LogP contribution in [0.5, 0.6) is 0 Å². The van der Waals surface area contributed by atoms with Crippen molar-refractivity contribution in [3.63, 3.8) is 0 Å². The SMILES string of the molecule is CC(C(=O)O)C(C)C(=O)c1c[nH]c2ncccc12. The van der Waals surface area contributed by atoms with E-state index in [1.54, 1.807) is 31.5 Å². The van der Waals surface area contributed by atoms with Crippen molar-refractivity contribution < 1.29 is 14.7 Å². The highest BCUT2D eigenvalue weighted by Crippen LogP contribution is 2.23. The summed E-state index contributed by atoms with van der Waals surface area (Å²) >= 11 is 0. The summed E-state index contributed by atoms with van der Waals surface area (Å²) in [6, 6.07) is 3.54. The first-order valence-corrected chi connectivity index (χ1v) is 5.71. The fourth-order valence-corrected chi connectivity index (χ4v) is 1.85. The number of hydrogen-bond acceptors (Lipinski definition) is 3. The van der Waals surface area contributed by atoms with E-state index in [0.717, 1.165) is 5.39 Å². The lowest BCUT2D eigenvalue weighted by atomic mass is 9.88. The summed E-state index contributed by atoms with van der Waals surface area (Å²) in [5.41, 5.74) is 1.13. The Labute approximate surface area is 104 Å². The third kappa shape index (κ3) is 1.99. The van der Waals surface area contributed by atoms with Crippen LogP contribution in [0.3, 0.4) is 0 Å². The van der Waals surface area contributed by atoms with Gasteiger partial charge in [-0.2, -0.15) is 0 Å². The molecule has 0 spiro atoms. The van der Waals surface area contributed by atoms with Crippen molar-refractivity contribution in [3.8, 4) is 0 Å². The molecule has 2 heterocycles. The van der Waals surface area contributed by atoms with E-state index < -0.39 is 17.8 Å². The third-order valence-electron chi connectivity index (χ3n) is 3.27. The lowest BCUT2D eigenvalue weighted by Gasteiger charge is -2.13. The van der Waals surface area contributed by atoms with Gasteiger partial charge in [0.25, 0.3) is 0 Å². The zero-order chi connectivity index (χ0) is 13.3. The number of carbonyl (C=O) groups excluding carboxylic acids is 1. The number of nitrogens with zero attached hydrogens (tertiary/aromatic N) is 1. The lowest BCUT2D eigenvalue weighted by Crippen LogP contribution is -2.25. The number of ketones is 1. The largest absolute Gasteiger partial charge is 0.481 e. The molecule has 2 rings (SSSR count). The van der Waals surface area contributed by atoms with Gasteiger partial charge < -0.3 is 10.1 Å². The summed E-state index contributed by atoms with van der Waals surface area (Å²) < 4.78 is 0. The van der Waals surface area contributed by atoms with Crippen LogP contribution in [0, 0.1) is 11.8 Å². The van der Waals surface area contributed by atoms with Gasteiger partial charge in [0.15, 0.2) is 5.78 Å². The Hall–Kier alpha value is -2.17. The van der Waals surface area contributed by atoms with Gasteiger partial charge in [0, 0.05) is 29.3 Å². The molecule has 0 amide bonds. The molecule has 2 aromatic rings. The topological polar surface area (TPSA) is 83.0 Å². The predicted molar refractivity (Wildman–Crippen MR) is 66.4 cm³/mol. The second kappa shape index (κ2) is 4.60. The van der Waals surface area contributed by atoms with Crippen molar-refractivity contribution in [2.45, 2.75) is 13.8 Å². The van der Waals surface area contributed by atoms with E-state index in [2.05, 4.69) is 9.97 Å². The second-order valence-electron chi connectivity index (χ2n) is 4.38. The van der Waals surface area contributed by atoms with Gasteiger partial charge >= 0.3 is 5.97 Å². The van der Waals surface area contributed by atoms with Gasteiger partial charge in [-0.25, -0.2) is 4.98 Å². The van der Waals surface area contributed by atoms with Crippen molar-refractivity contribution >= 4 is 22.8 Å². The third-order valence-corrected chi connectivity index (χ3v) is 3.27. The van der Waals surface area contributed by atoms with Crippen LogP contribution >= 0.6 is 0 Å². The normalized spacial score (nSPS) is 14.3. The molecule has 0 saturated heterocycles. The van der Waals surface area contributed by atoms with Crippen LogP contribution in [0.1, 0.15) is 24.2 Å². The summed E-state index contributed by atoms with van der Waals surface area (Å²) in [7, 11) is 0. The number of hydrogen-bond donors (Lipinski definition) is 2. The maximum Gasteiger partial charge on any atom is 0.306 e. The molecule has 0 aliphatic rings. The average molecular weight is 246 g/mol. The summed E-state index contributed by atoms with van der Waals surface area (Å²) in [5.74, 6) is -2.42. The maximum absolute atomic E-state index is 12.3. The fourth-order valence-electron chi connectivity index (χ4n) is 1.85. The Morgan fingerprint density at radius 3 is 2.72 bits per heavy atom. The summed E-state index contributed by atoms with van der Waals surface area (Å²) in [5, 5.41) is 9.67. The molecular formula is C13H14N2O3. The molecule has 0 aromatic carbocycles. The van der Waals surface area contributed by atoms with Crippen molar-refractivity contribution in [1.82, 2.24) is 9.97 Å². The van der Waals surface area contributed by atoms with Crippen molar-refractivity contribution in [1.29, 1.82) is 0 Å². The van der Waals surface area contributed by atoms with Gasteiger partial charge in [-0.05, 0) is 12.1 Å². The monoisotopic (exact) mass is 246 g/mol. The predicted octanol–water partition coefficient (Wildman–Crippen LogP) is 2.10. The van der Waals surface area contributed by atoms with E-state index in [1.807, 2.05) is 0 Å². The van der Waals surface area contributed by atoms with E-state index in [4.69, 9.17) is 5.11 Å². The van der Waals surface area contributed by atoms with E-state index >= 15 is 0 Å². The first kappa shape index (κ1) is 12.3. The number of rotatable bonds is 4. The average Bonchev–Trinajstić information content (AvgIpc) is 2.79. The van der Waals surface area contributed by atoms with Crippen LogP contribution in [0.4, 0.5) is 0 Å². The van der Waals surface area contributed by atoms with Gasteiger partial charge in [-0.1, -0.05) is 13.8 Å². The number of carbonyl (C=O) groups is 2. The standard InChI is InChI=1S/C13H14N2O3/c1-7(8(2)13(17)18)11(16)10-6-15-12-9(10)4-3-5-14-12/h3-8H,1-2H3,(H,14,15)(H,17,18). The molecule has 0 fully saturated rings. The van der Waals surface area contributed by atoms with Crippen molar-refractivity contribution in [2.75, 3.05) is 0 Å². The molecule has 2 atom stereocenters. The molecule has 0 aliphatic heterocycles. The van der Waals surface area contributed by atoms with Crippen molar-refractivity contribution in [3.05, 3.63) is 30.1 Å². The molecule has 5 heteroatoms. The number of carboxylic acids is 1. The van der Waals surface area contributed by atoms with Gasteiger partial charge in [-0.3, -0.25) is 9.59 Å². The highest BCUT2D eigenvalue weighted by molar-refractivity contribution is 6.08. The molecule has 5 nitrogen and oxygen atoms in total. The highest BCUT2D eigenvalue weighted by Gasteiger charge is 2.28. The summed E-state index contributed by atoms with van der Waals surface area (Å²) in [4.78, 5) is 30.2. The maximum atomic E-state index is 12.3. The van der Waals surface area contributed by atoms with Gasteiger partial charge in [-0.15, -0.1) is 0 Å². The molecule has 0 saturated carbocycles. The van der Waals surface area contributed by atoms with Gasteiger partial charge in [0.2, 0.25) is 0 Å². The molecule has 2 unspecified atom stereocenters. The molecule has 0 aliphatic carbocycles. The molecular weight excluding hydrogens is 232 g/mol. The van der Waals surface area contributed by atoms with Gasteiger partial charge in [0.05, 0.1) is 5.92 Å². The molecule has 0 bridgehead atoms. The van der Waals surface area contributed by atoms with E-state index in [1.165, 1.54) is 6.92 Å². The number of H-pyrrole nitrogens is 1. The van der Waals surface area contributed by atoms with Crippen LogP contribution in [-0.4, -0.2) is 26.8 Å². The Morgan fingerprint density at radius 2 is 2.06 bits per heavy atom. The van der Waals surface area contributed by atoms with Crippen molar-refractivity contribution in [2.24, 2.45) is 11.8 Å². The number of fused-ring (bicyclic) bond motifs is 1. The van der Waals surface area contributed by atoms with E-state index in [0.29, 0.717) is 11.2 Å². The number of nitrogens with one attached hydrogen (secondary N) is 1. The minimum Gasteiger partial charge on any atom is -0.481 e. The van der Waals surface area contributed by atoms with Crippen LogP contribution in [0.2, 0.25) is 0 Å². The number of aromatic nitrogens is 2. The summed E-state index contributed by atoms with van der Waals surface area (Å²) in [6.07, 6.45) is 3.22. The van der Waals surface area contributed by atoms with E-state index in [-0.39, 0.29) is 5.78 Å². The Balaban J connectivity index is 2.37.